The molecule has 0 aromatic heterocycles. The van der Waals surface area contributed by atoms with Crippen LogP contribution in [0.25, 0.3) is 0 Å². The van der Waals surface area contributed by atoms with E-state index in [0.717, 1.165) is 24.2 Å². The quantitative estimate of drug-likeness (QED) is 0.514. The number of aliphatic hydroxyl groups excluding tert-OH is 1. The van der Waals surface area contributed by atoms with Crippen molar-refractivity contribution in [1.82, 2.24) is 5.32 Å². The van der Waals surface area contributed by atoms with Crippen molar-refractivity contribution >= 4 is 12.1 Å². The first-order valence-corrected chi connectivity index (χ1v) is 7.02. The second-order valence-electron chi connectivity index (χ2n) is 4.84. The summed E-state index contributed by atoms with van der Waals surface area (Å²) < 4.78 is 0. The molecule has 0 saturated carbocycles. The molecular weight excluding hydrogens is 264 g/mol. The number of amides is 1. The van der Waals surface area contributed by atoms with Crippen LogP contribution in [0.3, 0.4) is 0 Å². The maximum atomic E-state index is 10.3. The van der Waals surface area contributed by atoms with Gasteiger partial charge in [-0.05, 0) is 36.2 Å². The van der Waals surface area contributed by atoms with E-state index < -0.39 is 6.10 Å². The van der Waals surface area contributed by atoms with Gasteiger partial charge in [0.25, 0.3) is 0 Å². The van der Waals surface area contributed by atoms with Gasteiger partial charge in [0.1, 0.15) is 0 Å². The number of carbonyl (C=O) groups is 1. The number of benzene rings is 2. The van der Waals surface area contributed by atoms with E-state index in [9.17, 15) is 9.90 Å². The minimum absolute atomic E-state index is 0.481. The van der Waals surface area contributed by atoms with Crippen molar-refractivity contribution in [2.75, 3.05) is 18.4 Å². The maximum absolute atomic E-state index is 10.3. The Kier molecular flexibility index (Phi) is 5.94. The highest BCUT2D eigenvalue weighted by Crippen LogP contribution is 2.11. The van der Waals surface area contributed by atoms with Crippen LogP contribution < -0.4 is 10.6 Å². The molecule has 2 aromatic carbocycles. The van der Waals surface area contributed by atoms with Gasteiger partial charge in [0, 0.05) is 12.2 Å². The molecule has 4 heteroatoms. The van der Waals surface area contributed by atoms with Gasteiger partial charge in [-0.1, -0.05) is 42.5 Å². The lowest BCUT2D eigenvalue weighted by molar-refractivity contribution is -0.105. The molecule has 0 spiro atoms. The SMILES string of the molecule is O=CNc1ccc(CCNCC(O)c2ccccc2)cc1. The third kappa shape index (κ3) is 5.02. The van der Waals surface area contributed by atoms with Crippen LogP contribution in [0.5, 0.6) is 0 Å². The third-order valence-electron chi connectivity index (χ3n) is 3.29. The van der Waals surface area contributed by atoms with Crippen molar-refractivity contribution in [3.8, 4) is 0 Å². The molecule has 0 aliphatic rings. The van der Waals surface area contributed by atoms with Gasteiger partial charge >= 0.3 is 0 Å². The lowest BCUT2D eigenvalue weighted by Crippen LogP contribution is -2.23. The summed E-state index contributed by atoms with van der Waals surface area (Å²) in [6.45, 7) is 1.33. The van der Waals surface area contributed by atoms with Crippen molar-refractivity contribution in [1.29, 1.82) is 0 Å². The van der Waals surface area contributed by atoms with Crippen molar-refractivity contribution in [3.63, 3.8) is 0 Å². The zero-order valence-corrected chi connectivity index (χ0v) is 11.8. The fourth-order valence-electron chi connectivity index (χ4n) is 2.10. The average molecular weight is 284 g/mol. The molecule has 0 radical (unpaired) electrons. The van der Waals surface area contributed by atoms with Crippen LogP contribution in [-0.4, -0.2) is 24.6 Å². The average Bonchev–Trinajstić information content (AvgIpc) is 2.54. The molecule has 110 valence electrons. The van der Waals surface area contributed by atoms with Crippen LogP contribution >= 0.6 is 0 Å². The molecule has 1 unspecified atom stereocenters. The highest BCUT2D eigenvalue weighted by Gasteiger charge is 2.05. The van der Waals surface area contributed by atoms with E-state index in [1.165, 1.54) is 5.56 Å². The van der Waals surface area contributed by atoms with E-state index in [4.69, 9.17) is 0 Å². The fraction of sp³-hybridized carbons (Fsp3) is 0.235. The molecule has 1 amide bonds. The number of hydrogen-bond donors (Lipinski definition) is 3. The normalized spacial score (nSPS) is 11.9. The van der Waals surface area contributed by atoms with Crippen LogP contribution in [0.4, 0.5) is 5.69 Å². The lowest BCUT2D eigenvalue weighted by Gasteiger charge is -2.12. The van der Waals surface area contributed by atoms with Gasteiger partial charge in [0.15, 0.2) is 0 Å². The Balaban J connectivity index is 1.71. The van der Waals surface area contributed by atoms with Crippen molar-refractivity contribution < 1.29 is 9.90 Å². The van der Waals surface area contributed by atoms with Gasteiger partial charge in [-0.2, -0.15) is 0 Å². The number of rotatable bonds is 8. The van der Waals surface area contributed by atoms with Crippen LogP contribution in [0.15, 0.2) is 54.6 Å². The molecule has 2 rings (SSSR count). The first-order chi connectivity index (χ1) is 10.3. The van der Waals surface area contributed by atoms with Crippen LogP contribution in [-0.2, 0) is 11.2 Å². The predicted octanol–water partition coefficient (Wildman–Crippen LogP) is 2.12. The Labute approximate surface area is 124 Å². The summed E-state index contributed by atoms with van der Waals surface area (Å²) >= 11 is 0. The number of carbonyl (C=O) groups excluding carboxylic acids is 1. The second kappa shape index (κ2) is 8.19. The van der Waals surface area contributed by atoms with Gasteiger partial charge in [0.2, 0.25) is 6.41 Å². The van der Waals surface area contributed by atoms with Crippen LogP contribution in [0.1, 0.15) is 17.2 Å². The van der Waals surface area contributed by atoms with Crippen LogP contribution in [0, 0.1) is 0 Å². The second-order valence-corrected chi connectivity index (χ2v) is 4.84. The van der Waals surface area contributed by atoms with Gasteiger partial charge in [-0.25, -0.2) is 0 Å². The third-order valence-corrected chi connectivity index (χ3v) is 3.29. The molecule has 0 heterocycles. The monoisotopic (exact) mass is 284 g/mol. The largest absolute Gasteiger partial charge is 0.387 e. The van der Waals surface area contributed by atoms with E-state index in [0.29, 0.717) is 13.0 Å². The molecule has 0 aliphatic heterocycles. The van der Waals surface area contributed by atoms with Gasteiger partial charge in [-0.15, -0.1) is 0 Å². The minimum Gasteiger partial charge on any atom is -0.387 e. The zero-order valence-electron chi connectivity index (χ0n) is 11.8. The molecule has 0 aliphatic carbocycles. The fourth-order valence-corrected chi connectivity index (χ4v) is 2.10. The maximum Gasteiger partial charge on any atom is 0.211 e. The summed E-state index contributed by atoms with van der Waals surface area (Å²) in [6.07, 6.45) is 1.06. The number of aliphatic hydroxyl groups is 1. The predicted molar refractivity (Wildman–Crippen MR) is 84.1 cm³/mol. The van der Waals surface area contributed by atoms with Gasteiger partial charge in [-0.3, -0.25) is 4.79 Å². The summed E-state index contributed by atoms with van der Waals surface area (Å²) in [5.41, 5.74) is 2.91. The summed E-state index contributed by atoms with van der Waals surface area (Å²) in [6, 6.07) is 17.4. The molecule has 1 atom stereocenters. The highest BCUT2D eigenvalue weighted by atomic mass is 16.3. The summed E-state index contributed by atoms with van der Waals surface area (Å²) in [5.74, 6) is 0. The molecule has 0 saturated heterocycles. The van der Waals surface area contributed by atoms with E-state index in [1.54, 1.807) is 0 Å². The van der Waals surface area contributed by atoms with Crippen molar-refractivity contribution in [3.05, 3.63) is 65.7 Å². The first kappa shape index (κ1) is 15.2. The molecule has 21 heavy (non-hydrogen) atoms. The molecule has 4 nitrogen and oxygen atoms in total. The van der Waals surface area contributed by atoms with E-state index in [1.807, 2.05) is 54.6 Å². The summed E-state index contributed by atoms with van der Waals surface area (Å²) in [5, 5.41) is 15.9. The number of nitrogens with one attached hydrogen (secondary N) is 2. The molecular formula is C17H20N2O2. The summed E-state index contributed by atoms with van der Waals surface area (Å²) in [4.78, 5) is 10.3. The zero-order chi connectivity index (χ0) is 14.9. The number of anilines is 1. The molecule has 0 bridgehead atoms. The summed E-state index contributed by atoms with van der Waals surface area (Å²) in [7, 11) is 0. The molecule has 2 aromatic rings. The Morgan fingerprint density at radius 3 is 2.43 bits per heavy atom. The van der Waals surface area contributed by atoms with Crippen LogP contribution in [0.2, 0.25) is 0 Å². The topological polar surface area (TPSA) is 61.4 Å². The van der Waals surface area contributed by atoms with E-state index >= 15 is 0 Å². The smallest absolute Gasteiger partial charge is 0.211 e. The molecule has 0 fully saturated rings. The Bertz CT molecular complexity index is 540. The number of hydrogen-bond acceptors (Lipinski definition) is 3. The Morgan fingerprint density at radius 2 is 1.76 bits per heavy atom. The van der Waals surface area contributed by atoms with E-state index in [2.05, 4.69) is 10.6 Å². The molecule has 3 N–H and O–H groups in total. The van der Waals surface area contributed by atoms with Gasteiger partial charge in [0.05, 0.1) is 6.10 Å². The lowest BCUT2D eigenvalue weighted by atomic mass is 10.1. The van der Waals surface area contributed by atoms with Gasteiger partial charge < -0.3 is 15.7 Å². The standard InChI is InChI=1S/C17H20N2O2/c20-13-19-16-8-6-14(7-9-16)10-11-18-12-17(21)15-4-2-1-3-5-15/h1-9,13,17-18,21H,10-12H2,(H,19,20). The first-order valence-electron chi connectivity index (χ1n) is 7.02. The minimum atomic E-state index is -0.481. The van der Waals surface area contributed by atoms with E-state index in [-0.39, 0.29) is 0 Å². The van der Waals surface area contributed by atoms with Crippen molar-refractivity contribution in [2.24, 2.45) is 0 Å². The highest BCUT2D eigenvalue weighted by molar-refractivity contribution is 5.71. The Hall–Kier alpha value is -2.17. The van der Waals surface area contributed by atoms with Crippen molar-refractivity contribution in [2.45, 2.75) is 12.5 Å². The Morgan fingerprint density at radius 1 is 1.05 bits per heavy atom.